The minimum atomic E-state index is -0.973. The van der Waals surface area contributed by atoms with Crippen LogP contribution in [-0.2, 0) is 6.42 Å². The second-order valence-corrected chi connectivity index (χ2v) is 5.91. The van der Waals surface area contributed by atoms with Crippen LogP contribution in [0.15, 0.2) is 39.3 Å². The molecule has 0 atom stereocenters. The van der Waals surface area contributed by atoms with Crippen LogP contribution in [0, 0.1) is 17.5 Å². The van der Waals surface area contributed by atoms with Crippen molar-refractivity contribution >= 4 is 37.6 Å². The lowest BCUT2D eigenvalue weighted by Gasteiger charge is -2.06. The lowest BCUT2D eigenvalue weighted by molar-refractivity contribution is 0.0983. The Morgan fingerprint density at radius 2 is 1.45 bits per heavy atom. The molecular formula is C14H7Br2F3O. The van der Waals surface area contributed by atoms with E-state index < -0.39 is 35.2 Å². The number of ketones is 1. The summed E-state index contributed by atoms with van der Waals surface area (Å²) >= 11 is 6.01. The van der Waals surface area contributed by atoms with E-state index in [4.69, 9.17) is 0 Å². The van der Waals surface area contributed by atoms with Crippen LogP contribution in [-0.4, -0.2) is 5.78 Å². The number of carbonyl (C=O) groups is 1. The van der Waals surface area contributed by atoms with Crippen molar-refractivity contribution in [2.75, 3.05) is 0 Å². The van der Waals surface area contributed by atoms with Crippen LogP contribution in [0.4, 0.5) is 13.2 Å². The van der Waals surface area contributed by atoms with E-state index in [9.17, 15) is 18.0 Å². The summed E-state index contributed by atoms with van der Waals surface area (Å²) in [4.78, 5) is 11.9. The van der Waals surface area contributed by atoms with Crippen molar-refractivity contribution in [3.05, 3.63) is 67.9 Å². The molecule has 0 bridgehead atoms. The smallest absolute Gasteiger partial charge is 0.173 e. The Morgan fingerprint density at radius 3 is 2.00 bits per heavy atom. The molecule has 20 heavy (non-hydrogen) atoms. The zero-order valence-electron chi connectivity index (χ0n) is 9.89. The third-order valence-electron chi connectivity index (χ3n) is 2.65. The van der Waals surface area contributed by atoms with Crippen LogP contribution in [0.3, 0.4) is 0 Å². The zero-order valence-corrected chi connectivity index (χ0v) is 13.1. The van der Waals surface area contributed by atoms with E-state index in [0.29, 0.717) is 4.47 Å². The van der Waals surface area contributed by atoms with Crippen LogP contribution in [0.2, 0.25) is 0 Å². The van der Waals surface area contributed by atoms with Crippen molar-refractivity contribution in [3.8, 4) is 0 Å². The second-order valence-electron chi connectivity index (χ2n) is 4.08. The van der Waals surface area contributed by atoms with E-state index in [1.165, 1.54) is 12.1 Å². The van der Waals surface area contributed by atoms with E-state index in [1.807, 2.05) is 0 Å². The molecule has 0 saturated heterocycles. The third-order valence-corrected chi connectivity index (χ3v) is 3.60. The molecule has 0 N–H and O–H groups in total. The molecule has 0 radical (unpaired) electrons. The van der Waals surface area contributed by atoms with Gasteiger partial charge in [0.25, 0.3) is 0 Å². The fourth-order valence-corrected chi connectivity index (χ4v) is 2.47. The van der Waals surface area contributed by atoms with E-state index in [0.717, 1.165) is 12.1 Å². The molecule has 104 valence electrons. The first kappa shape index (κ1) is 15.3. The first-order chi connectivity index (χ1) is 9.38. The molecule has 2 aromatic carbocycles. The average Bonchev–Trinajstić information content (AvgIpc) is 2.31. The highest BCUT2D eigenvalue weighted by Crippen LogP contribution is 2.22. The van der Waals surface area contributed by atoms with Gasteiger partial charge in [-0.25, -0.2) is 13.2 Å². The Bertz CT molecular complexity index is 663. The van der Waals surface area contributed by atoms with E-state index >= 15 is 0 Å². The Balaban J connectivity index is 2.33. The zero-order chi connectivity index (χ0) is 14.9. The SMILES string of the molecule is O=C(Cc1ccc(Br)cc1F)c1c(F)cc(Br)cc1F. The molecule has 0 spiro atoms. The lowest BCUT2D eigenvalue weighted by Crippen LogP contribution is -2.10. The molecule has 1 nitrogen and oxygen atoms in total. The maximum absolute atomic E-state index is 13.6. The van der Waals surface area contributed by atoms with Crippen molar-refractivity contribution in [2.45, 2.75) is 6.42 Å². The van der Waals surface area contributed by atoms with Gasteiger partial charge >= 0.3 is 0 Å². The Kier molecular flexibility index (Phi) is 4.65. The molecule has 0 fully saturated rings. The highest BCUT2D eigenvalue weighted by atomic mass is 79.9. The van der Waals surface area contributed by atoms with Gasteiger partial charge < -0.3 is 0 Å². The van der Waals surface area contributed by atoms with E-state index in [2.05, 4.69) is 31.9 Å². The quantitative estimate of drug-likeness (QED) is 0.650. The first-order valence-corrected chi connectivity index (χ1v) is 7.08. The predicted molar refractivity (Wildman–Crippen MR) is 76.2 cm³/mol. The maximum atomic E-state index is 13.6. The Hall–Kier alpha value is -1.14. The highest BCUT2D eigenvalue weighted by molar-refractivity contribution is 9.10. The number of rotatable bonds is 3. The maximum Gasteiger partial charge on any atom is 0.173 e. The van der Waals surface area contributed by atoms with Crippen molar-refractivity contribution < 1.29 is 18.0 Å². The largest absolute Gasteiger partial charge is 0.294 e. The monoisotopic (exact) mass is 406 g/mol. The van der Waals surface area contributed by atoms with E-state index in [-0.39, 0.29) is 10.0 Å². The summed E-state index contributed by atoms with van der Waals surface area (Å²) in [5, 5.41) is 0. The molecule has 2 rings (SSSR count). The van der Waals surface area contributed by atoms with Crippen LogP contribution in [0.1, 0.15) is 15.9 Å². The molecule has 0 amide bonds. The van der Waals surface area contributed by atoms with Gasteiger partial charge in [-0.3, -0.25) is 4.79 Å². The third kappa shape index (κ3) is 3.30. The van der Waals surface area contributed by atoms with Crippen LogP contribution in [0.25, 0.3) is 0 Å². The highest BCUT2D eigenvalue weighted by Gasteiger charge is 2.19. The Labute approximate surface area is 130 Å². The number of Topliss-reactive ketones (excluding diaryl/α,β-unsaturated/α-hetero) is 1. The first-order valence-electron chi connectivity index (χ1n) is 5.50. The Morgan fingerprint density at radius 1 is 0.900 bits per heavy atom. The standard InChI is InChI=1S/C14H7Br2F3O/c15-8-2-1-7(10(17)4-8)3-13(20)14-11(18)5-9(16)6-12(14)19/h1-2,4-6H,3H2. The van der Waals surface area contributed by atoms with Crippen LogP contribution < -0.4 is 0 Å². The number of halogens is 5. The van der Waals surface area contributed by atoms with Gasteiger partial charge in [-0.1, -0.05) is 37.9 Å². The van der Waals surface area contributed by atoms with Crippen molar-refractivity contribution in [2.24, 2.45) is 0 Å². The van der Waals surface area contributed by atoms with Crippen molar-refractivity contribution in [3.63, 3.8) is 0 Å². The molecule has 0 aliphatic rings. The van der Waals surface area contributed by atoms with Crippen LogP contribution >= 0.6 is 31.9 Å². The minimum Gasteiger partial charge on any atom is -0.294 e. The van der Waals surface area contributed by atoms with Gasteiger partial charge in [0.1, 0.15) is 17.5 Å². The molecular weight excluding hydrogens is 401 g/mol. The minimum absolute atomic E-state index is 0.0833. The number of carbonyl (C=O) groups excluding carboxylic acids is 1. The van der Waals surface area contributed by atoms with Gasteiger partial charge in [-0.15, -0.1) is 0 Å². The predicted octanol–water partition coefficient (Wildman–Crippen LogP) is 5.05. The summed E-state index contributed by atoms with van der Waals surface area (Å²) in [6.45, 7) is 0. The second kappa shape index (κ2) is 6.10. The van der Waals surface area contributed by atoms with Gasteiger partial charge in [-0.05, 0) is 29.8 Å². The average molecular weight is 408 g/mol. The fraction of sp³-hybridized carbons (Fsp3) is 0.0714. The fourth-order valence-electron chi connectivity index (χ4n) is 1.73. The van der Waals surface area contributed by atoms with Gasteiger partial charge in [0.05, 0.1) is 5.56 Å². The number of hydrogen-bond donors (Lipinski definition) is 0. The molecule has 6 heteroatoms. The molecule has 0 aliphatic heterocycles. The molecule has 0 unspecified atom stereocenters. The molecule has 0 aromatic heterocycles. The van der Waals surface area contributed by atoms with Gasteiger partial charge in [0.2, 0.25) is 0 Å². The molecule has 2 aromatic rings. The lowest BCUT2D eigenvalue weighted by atomic mass is 10.0. The van der Waals surface area contributed by atoms with Gasteiger partial charge in [0.15, 0.2) is 5.78 Å². The van der Waals surface area contributed by atoms with Gasteiger partial charge in [-0.2, -0.15) is 0 Å². The van der Waals surface area contributed by atoms with Crippen molar-refractivity contribution in [1.29, 1.82) is 0 Å². The van der Waals surface area contributed by atoms with E-state index in [1.54, 1.807) is 6.07 Å². The topological polar surface area (TPSA) is 17.1 Å². The van der Waals surface area contributed by atoms with Crippen molar-refractivity contribution in [1.82, 2.24) is 0 Å². The summed E-state index contributed by atoms with van der Waals surface area (Å²) in [6.07, 6.45) is -0.408. The number of benzene rings is 2. The summed E-state index contributed by atoms with van der Waals surface area (Å²) in [5.41, 5.74) is -0.574. The number of hydrogen-bond acceptors (Lipinski definition) is 1. The summed E-state index contributed by atoms with van der Waals surface area (Å²) in [7, 11) is 0. The van der Waals surface area contributed by atoms with Crippen LogP contribution in [0.5, 0.6) is 0 Å². The molecule has 0 heterocycles. The molecule has 0 aliphatic carbocycles. The normalized spacial score (nSPS) is 10.7. The summed E-state index contributed by atoms with van der Waals surface area (Å²) in [5.74, 6) is -3.36. The summed E-state index contributed by atoms with van der Waals surface area (Å²) < 4.78 is 41.6. The summed E-state index contributed by atoms with van der Waals surface area (Å²) in [6, 6.07) is 6.13. The van der Waals surface area contributed by atoms with Gasteiger partial charge in [0, 0.05) is 15.4 Å². The molecule has 0 saturated carbocycles.